The third-order valence-corrected chi connectivity index (χ3v) is 7.36. The molecule has 4 rings (SSSR count). The van der Waals surface area contributed by atoms with Gasteiger partial charge in [-0.15, -0.1) is 0 Å². The Hall–Kier alpha value is -2.32. The Morgan fingerprint density at radius 1 is 0.931 bits per heavy atom. The van der Waals surface area contributed by atoms with Crippen molar-refractivity contribution >= 4 is 60.5 Å². The molecule has 0 saturated carbocycles. The fourth-order valence-electron chi connectivity index (χ4n) is 2.91. The molecule has 1 heterocycles. The van der Waals surface area contributed by atoms with E-state index in [1.807, 2.05) is 18.2 Å². The van der Waals surface area contributed by atoms with E-state index in [2.05, 4.69) is 4.72 Å². The molecular weight excluding hydrogens is 451 g/mol. The van der Waals surface area contributed by atoms with E-state index < -0.39 is 10.0 Å². The van der Waals surface area contributed by atoms with Crippen LogP contribution >= 0.6 is 34.5 Å². The van der Waals surface area contributed by atoms with Crippen LogP contribution < -0.4 is 9.60 Å². The molecule has 0 radical (unpaired) electrons. The number of rotatable bonds is 5. The summed E-state index contributed by atoms with van der Waals surface area (Å²) >= 11 is 13.2. The van der Waals surface area contributed by atoms with Gasteiger partial charge in [0, 0.05) is 5.02 Å². The molecule has 1 aromatic heterocycles. The molecule has 0 unspecified atom stereocenters. The van der Waals surface area contributed by atoms with Crippen LogP contribution in [0.15, 0.2) is 76.4 Å². The Morgan fingerprint density at radius 3 is 2.34 bits per heavy atom. The smallest absolute Gasteiger partial charge is 0.294 e. The van der Waals surface area contributed by atoms with Gasteiger partial charge in [-0.3, -0.25) is 14.1 Å². The van der Waals surface area contributed by atoms with Crippen molar-refractivity contribution in [1.29, 1.82) is 0 Å². The second kappa shape index (κ2) is 7.84. The number of nitrogens with one attached hydrogen (secondary N) is 1. The van der Waals surface area contributed by atoms with E-state index in [4.69, 9.17) is 23.2 Å². The van der Waals surface area contributed by atoms with Crippen LogP contribution in [0.5, 0.6) is 0 Å². The number of nitrogens with zero attached hydrogens (tertiary/aromatic N) is 1. The van der Waals surface area contributed by atoms with Gasteiger partial charge in [-0.2, -0.15) is 0 Å². The molecule has 0 saturated heterocycles. The van der Waals surface area contributed by atoms with Crippen molar-refractivity contribution in [3.8, 4) is 0 Å². The summed E-state index contributed by atoms with van der Waals surface area (Å²) in [5.74, 6) is 0. The molecule has 29 heavy (non-hydrogen) atoms. The summed E-state index contributed by atoms with van der Waals surface area (Å²) in [5.41, 5.74) is 1.75. The summed E-state index contributed by atoms with van der Waals surface area (Å²) in [7, 11) is -3.86. The maximum absolute atomic E-state index is 12.8. The zero-order valence-corrected chi connectivity index (χ0v) is 17.9. The number of aromatic nitrogens is 1. The van der Waals surface area contributed by atoms with Gasteiger partial charge in [-0.05, 0) is 42.0 Å². The summed E-state index contributed by atoms with van der Waals surface area (Å²) in [4.78, 5) is 12.4. The first-order chi connectivity index (χ1) is 13.8. The number of benzene rings is 3. The number of hydrogen-bond acceptors (Lipinski definition) is 4. The second-order valence-electron chi connectivity index (χ2n) is 6.26. The molecule has 0 spiro atoms. The van der Waals surface area contributed by atoms with Crippen LogP contribution in [0.1, 0.15) is 5.56 Å². The van der Waals surface area contributed by atoms with Crippen LogP contribution in [0, 0.1) is 0 Å². The average Bonchev–Trinajstić information content (AvgIpc) is 3.00. The van der Waals surface area contributed by atoms with E-state index in [-0.39, 0.29) is 9.77 Å². The number of hydrogen-bond donors (Lipinski definition) is 1. The number of anilines is 1. The van der Waals surface area contributed by atoms with Crippen molar-refractivity contribution in [3.63, 3.8) is 0 Å². The first-order valence-electron chi connectivity index (χ1n) is 8.49. The topological polar surface area (TPSA) is 68.2 Å². The zero-order valence-electron chi connectivity index (χ0n) is 14.8. The SMILES string of the molecule is O=c1sc2cc(S(=O)(=O)Nc3ccccc3Cl)ccc2n1Cc1ccccc1Cl. The quantitative estimate of drug-likeness (QED) is 0.440. The number of halogens is 2. The van der Waals surface area contributed by atoms with Gasteiger partial charge in [0.15, 0.2) is 0 Å². The van der Waals surface area contributed by atoms with Gasteiger partial charge in [0.1, 0.15) is 0 Å². The lowest BCUT2D eigenvalue weighted by molar-refractivity contribution is 0.601. The molecule has 0 atom stereocenters. The molecule has 0 bridgehead atoms. The van der Waals surface area contributed by atoms with Crippen molar-refractivity contribution in [2.24, 2.45) is 0 Å². The zero-order chi connectivity index (χ0) is 20.6. The Labute approximate surface area is 181 Å². The van der Waals surface area contributed by atoms with Gasteiger partial charge in [-0.1, -0.05) is 64.9 Å². The van der Waals surface area contributed by atoms with Gasteiger partial charge in [0.25, 0.3) is 10.0 Å². The summed E-state index contributed by atoms with van der Waals surface area (Å²) in [5, 5.41) is 0.870. The standard InChI is InChI=1S/C20H14Cl2N2O3S2/c21-15-6-2-1-5-13(15)12-24-18-10-9-14(11-19(18)28-20(24)25)29(26,27)23-17-8-4-3-7-16(17)22/h1-11,23H,12H2. The Bertz CT molecular complexity index is 1380. The number of sulfonamides is 1. The van der Waals surface area contributed by atoms with Gasteiger partial charge >= 0.3 is 4.87 Å². The number of thiazole rings is 1. The maximum atomic E-state index is 12.8. The van der Waals surface area contributed by atoms with Crippen molar-refractivity contribution in [2.45, 2.75) is 11.4 Å². The van der Waals surface area contributed by atoms with Crippen LogP contribution in [-0.4, -0.2) is 13.0 Å². The molecule has 0 amide bonds. The van der Waals surface area contributed by atoms with Crippen molar-refractivity contribution in [1.82, 2.24) is 4.57 Å². The molecule has 0 aliphatic carbocycles. The normalized spacial score (nSPS) is 11.7. The molecular formula is C20H14Cl2N2O3S2. The van der Waals surface area contributed by atoms with Crippen LogP contribution in [0.25, 0.3) is 10.2 Å². The minimum atomic E-state index is -3.86. The fourth-order valence-corrected chi connectivity index (χ4v) is 5.45. The third-order valence-electron chi connectivity index (χ3n) is 4.35. The van der Waals surface area contributed by atoms with Crippen LogP contribution in [0.3, 0.4) is 0 Å². The lowest BCUT2D eigenvalue weighted by Crippen LogP contribution is -2.14. The molecule has 0 aliphatic rings. The van der Waals surface area contributed by atoms with Crippen LogP contribution in [0.4, 0.5) is 5.69 Å². The number of fused-ring (bicyclic) bond motifs is 1. The van der Waals surface area contributed by atoms with Gasteiger partial charge < -0.3 is 0 Å². The van der Waals surface area contributed by atoms with Crippen molar-refractivity contribution in [3.05, 3.63) is 92.0 Å². The largest absolute Gasteiger partial charge is 0.308 e. The van der Waals surface area contributed by atoms with E-state index in [0.29, 0.717) is 32.5 Å². The molecule has 1 N–H and O–H groups in total. The Balaban J connectivity index is 1.71. The van der Waals surface area contributed by atoms with E-state index in [1.54, 1.807) is 41.0 Å². The Morgan fingerprint density at radius 2 is 1.62 bits per heavy atom. The molecule has 3 aromatic carbocycles. The highest BCUT2D eigenvalue weighted by Gasteiger charge is 2.18. The van der Waals surface area contributed by atoms with Gasteiger partial charge in [0.05, 0.1) is 32.4 Å². The highest BCUT2D eigenvalue weighted by molar-refractivity contribution is 7.92. The lowest BCUT2D eigenvalue weighted by Gasteiger charge is -2.10. The first kappa shape index (κ1) is 20.0. The minimum absolute atomic E-state index is 0.0519. The van der Waals surface area contributed by atoms with E-state index in [1.165, 1.54) is 12.1 Å². The van der Waals surface area contributed by atoms with Crippen molar-refractivity contribution in [2.75, 3.05) is 4.72 Å². The highest BCUT2D eigenvalue weighted by Crippen LogP contribution is 2.27. The van der Waals surface area contributed by atoms with Gasteiger partial charge in [0.2, 0.25) is 0 Å². The molecule has 148 valence electrons. The van der Waals surface area contributed by atoms with Crippen LogP contribution in [-0.2, 0) is 16.6 Å². The molecule has 0 aliphatic heterocycles. The van der Waals surface area contributed by atoms with E-state index in [0.717, 1.165) is 16.9 Å². The summed E-state index contributed by atoms with van der Waals surface area (Å²) in [6.07, 6.45) is 0. The van der Waals surface area contributed by atoms with E-state index in [9.17, 15) is 13.2 Å². The monoisotopic (exact) mass is 464 g/mol. The average molecular weight is 465 g/mol. The van der Waals surface area contributed by atoms with Crippen LogP contribution in [0.2, 0.25) is 10.0 Å². The minimum Gasteiger partial charge on any atom is -0.294 e. The summed E-state index contributed by atoms with van der Waals surface area (Å²) < 4.78 is 30.1. The third kappa shape index (κ3) is 4.04. The summed E-state index contributed by atoms with van der Waals surface area (Å²) in [6.45, 7) is 0.308. The van der Waals surface area contributed by atoms with Gasteiger partial charge in [-0.25, -0.2) is 8.42 Å². The van der Waals surface area contributed by atoms with Crippen molar-refractivity contribution < 1.29 is 8.42 Å². The molecule has 4 aromatic rings. The predicted octanol–water partition coefficient (Wildman–Crippen LogP) is 5.22. The first-order valence-corrected chi connectivity index (χ1v) is 11.5. The lowest BCUT2D eigenvalue weighted by atomic mass is 10.2. The molecule has 9 heteroatoms. The van der Waals surface area contributed by atoms with E-state index >= 15 is 0 Å². The molecule has 5 nitrogen and oxygen atoms in total. The maximum Gasteiger partial charge on any atom is 0.308 e. The second-order valence-corrected chi connectivity index (χ2v) is 9.75. The number of para-hydroxylation sites is 1. The Kier molecular flexibility index (Phi) is 5.40. The molecule has 0 fully saturated rings. The fraction of sp³-hybridized carbons (Fsp3) is 0.0500. The summed E-state index contributed by atoms with van der Waals surface area (Å²) in [6, 6.07) is 18.5. The highest BCUT2D eigenvalue weighted by atomic mass is 35.5. The predicted molar refractivity (Wildman–Crippen MR) is 119 cm³/mol.